The average molecular weight is 306 g/mol. The minimum atomic E-state index is -1.46. The first-order valence-corrected chi connectivity index (χ1v) is 7.33. The van der Waals surface area contributed by atoms with Crippen LogP contribution in [0.25, 0.3) is 10.8 Å². The normalized spacial score (nSPS) is 24.0. The number of likely N-dealkylation sites (tertiary alicyclic amines) is 1. The first-order chi connectivity index (χ1) is 9.64. The second-order valence-electron chi connectivity index (χ2n) is 6.10. The van der Waals surface area contributed by atoms with Crippen molar-refractivity contribution in [3.8, 4) is 0 Å². The van der Waals surface area contributed by atoms with Crippen LogP contribution < -0.4 is 0 Å². The van der Waals surface area contributed by atoms with Gasteiger partial charge in [0.25, 0.3) is 0 Å². The van der Waals surface area contributed by atoms with Crippen molar-refractivity contribution in [2.45, 2.75) is 31.1 Å². The molecule has 0 amide bonds. The van der Waals surface area contributed by atoms with Gasteiger partial charge in [0.1, 0.15) is 0 Å². The molecule has 4 heteroatoms. The quantitative estimate of drug-likeness (QED) is 0.796. The van der Waals surface area contributed by atoms with Gasteiger partial charge in [-0.3, -0.25) is 4.90 Å². The molecule has 0 spiro atoms. The lowest BCUT2D eigenvalue weighted by molar-refractivity contribution is -0.191. The van der Waals surface area contributed by atoms with Crippen LogP contribution in [0, 0.1) is 0 Å². The monoisotopic (exact) mass is 305 g/mol. The maximum absolute atomic E-state index is 9.69. The molecule has 0 aromatic heterocycles. The van der Waals surface area contributed by atoms with Crippen LogP contribution in [-0.2, 0) is 6.42 Å². The van der Waals surface area contributed by atoms with Crippen LogP contribution >= 0.6 is 12.4 Å². The van der Waals surface area contributed by atoms with Crippen molar-refractivity contribution in [3.05, 3.63) is 47.5 Å². The number of hydrogen-bond acceptors (Lipinski definition) is 3. The molecule has 0 saturated carbocycles. The molecule has 0 unspecified atom stereocenters. The molecule has 1 atom stereocenters. The number of benzene rings is 2. The van der Waals surface area contributed by atoms with Gasteiger partial charge in [-0.2, -0.15) is 0 Å². The summed E-state index contributed by atoms with van der Waals surface area (Å²) in [7, 11) is 0. The molecule has 0 radical (unpaired) electrons. The molecule has 112 valence electrons. The molecule has 2 aromatic carbocycles. The summed E-state index contributed by atoms with van der Waals surface area (Å²) >= 11 is 0. The van der Waals surface area contributed by atoms with Crippen molar-refractivity contribution >= 4 is 23.2 Å². The number of aliphatic hydroxyl groups is 2. The summed E-state index contributed by atoms with van der Waals surface area (Å²) in [6, 6.07) is 13.5. The maximum atomic E-state index is 9.69. The van der Waals surface area contributed by atoms with Crippen LogP contribution in [0.3, 0.4) is 0 Å². The Bertz CT molecular complexity index is 656. The molecule has 1 saturated heterocycles. The van der Waals surface area contributed by atoms with E-state index in [4.69, 9.17) is 0 Å². The first-order valence-electron chi connectivity index (χ1n) is 7.33. The topological polar surface area (TPSA) is 43.7 Å². The Hall–Kier alpha value is -1.13. The highest BCUT2D eigenvalue weighted by molar-refractivity contribution is 5.91. The Morgan fingerprint density at radius 2 is 1.67 bits per heavy atom. The molecule has 1 aliphatic heterocycles. The second kappa shape index (κ2) is 5.25. The van der Waals surface area contributed by atoms with Crippen molar-refractivity contribution in [2.75, 3.05) is 13.1 Å². The summed E-state index contributed by atoms with van der Waals surface area (Å²) in [5.41, 5.74) is 2.83. The smallest absolute Gasteiger partial charge is 0.164 e. The Morgan fingerprint density at radius 1 is 1.00 bits per heavy atom. The van der Waals surface area contributed by atoms with Gasteiger partial charge in [0, 0.05) is 32.0 Å². The van der Waals surface area contributed by atoms with Gasteiger partial charge in [0.2, 0.25) is 0 Å². The van der Waals surface area contributed by atoms with E-state index < -0.39 is 5.79 Å². The summed E-state index contributed by atoms with van der Waals surface area (Å²) in [5, 5.41) is 22.1. The van der Waals surface area contributed by atoms with Gasteiger partial charge < -0.3 is 10.2 Å². The fraction of sp³-hybridized carbons (Fsp3) is 0.412. The lowest BCUT2D eigenvalue weighted by Gasteiger charge is -2.38. The van der Waals surface area contributed by atoms with E-state index in [9.17, 15) is 10.2 Å². The van der Waals surface area contributed by atoms with Crippen LogP contribution in [0.15, 0.2) is 36.4 Å². The third-order valence-corrected chi connectivity index (χ3v) is 4.84. The number of nitrogens with zero attached hydrogens (tertiary/aromatic N) is 1. The third-order valence-electron chi connectivity index (χ3n) is 4.84. The first kappa shape index (κ1) is 14.8. The number of rotatable bonds is 1. The van der Waals surface area contributed by atoms with Gasteiger partial charge in [-0.15, -0.1) is 12.4 Å². The highest BCUT2D eigenvalue weighted by Gasteiger charge is 2.35. The Balaban J connectivity index is 0.00000132. The highest BCUT2D eigenvalue weighted by Crippen LogP contribution is 2.41. The fourth-order valence-corrected chi connectivity index (χ4v) is 3.74. The predicted octanol–water partition coefficient (Wildman–Crippen LogP) is 2.64. The Labute approximate surface area is 130 Å². The molecule has 3 nitrogen and oxygen atoms in total. The number of hydrogen-bond donors (Lipinski definition) is 2. The summed E-state index contributed by atoms with van der Waals surface area (Å²) in [6.45, 7) is 1.50. The standard InChI is InChI=1S/C17H19NO2.ClH/c19-17(20)7-9-18(10-8-17)15-11-13-5-1-3-12-4-2-6-14(15)16(12)13;/h1-6,15,19-20H,7-11H2;1H/t15-;/m1./s1. The van der Waals surface area contributed by atoms with E-state index in [0.29, 0.717) is 18.9 Å². The lowest BCUT2D eigenvalue weighted by Crippen LogP contribution is -2.45. The average Bonchev–Trinajstić information content (AvgIpc) is 2.81. The van der Waals surface area contributed by atoms with E-state index in [1.165, 1.54) is 21.9 Å². The molecule has 2 aliphatic rings. The van der Waals surface area contributed by atoms with Crippen LogP contribution in [0.1, 0.15) is 30.0 Å². The van der Waals surface area contributed by atoms with E-state index in [1.54, 1.807) is 0 Å². The Kier molecular flexibility index (Phi) is 3.70. The minimum absolute atomic E-state index is 0. The molecular formula is C17H20ClNO2. The molecular weight excluding hydrogens is 286 g/mol. The van der Waals surface area contributed by atoms with Crippen molar-refractivity contribution < 1.29 is 10.2 Å². The van der Waals surface area contributed by atoms with Gasteiger partial charge in [-0.1, -0.05) is 36.4 Å². The van der Waals surface area contributed by atoms with Crippen molar-refractivity contribution in [2.24, 2.45) is 0 Å². The fourth-order valence-electron chi connectivity index (χ4n) is 3.74. The van der Waals surface area contributed by atoms with Crippen molar-refractivity contribution in [1.82, 2.24) is 4.90 Å². The van der Waals surface area contributed by atoms with Crippen molar-refractivity contribution in [3.63, 3.8) is 0 Å². The number of halogens is 1. The third kappa shape index (κ3) is 2.44. The molecule has 4 rings (SSSR count). The summed E-state index contributed by atoms with van der Waals surface area (Å²) in [6.07, 6.45) is 1.92. The van der Waals surface area contributed by atoms with Gasteiger partial charge in [0.15, 0.2) is 5.79 Å². The van der Waals surface area contributed by atoms with E-state index >= 15 is 0 Å². The summed E-state index contributed by atoms with van der Waals surface area (Å²) in [4.78, 5) is 2.40. The van der Waals surface area contributed by atoms with Crippen LogP contribution in [0.5, 0.6) is 0 Å². The summed E-state index contributed by atoms with van der Waals surface area (Å²) < 4.78 is 0. The van der Waals surface area contributed by atoms with Gasteiger partial charge >= 0.3 is 0 Å². The van der Waals surface area contributed by atoms with Gasteiger partial charge in [-0.25, -0.2) is 0 Å². The van der Waals surface area contributed by atoms with Gasteiger partial charge in [-0.05, 0) is 28.3 Å². The van der Waals surface area contributed by atoms with Crippen molar-refractivity contribution in [1.29, 1.82) is 0 Å². The SMILES string of the molecule is Cl.OC1(O)CCN([C@@H]2Cc3cccc4cccc2c34)CC1. The zero-order chi connectivity index (χ0) is 13.7. The van der Waals surface area contributed by atoms with E-state index in [1.807, 2.05) is 0 Å². The lowest BCUT2D eigenvalue weighted by atomic mass is 9.99. The van der Waals surface area contributed by atoms with E-state index in [-0.39, 0.29) is 12.4 Å². The largest absolute Gasteiger partial charge is 0.366 e. The molecule has 1 heterocycles. The van der Waals surface area contributed by atoms with Gasteiger partial charge in [0.05, 0.1) is 0 Å². The molecule has 21 heavy (non-hydrogen) atoms. The van der Waals surface area contributed by atoms with Crippen LogP contribution in [-0.4, -0.2) is 34.0 Å². The van der Waals surface area contributed by atoms with E-state index in [0.717, 1.165) is 19.5 Å². The molecule has 1 fully saturated rings. The molecule has 2 aromatic rings. The summed E-state index contributed by atoms with van der Waals surface area (Å²) in [5.74, 6) is -1.46. The zero-order valence-corrected chi connectivity index (χ0v) is 12.6. The highest BCUT2D eigenvalue weighted by atomic mass is 35.5. The molecule has 1 aliphatic carbocycles. The van der Waals surface area contributed by atoms with Crippen LogP contribution in [0.2, 0.25) is 0 Å². The molecule has 2 N–H and O–H groups in total. The minimum Gasteiger partial charge on any atom is -0.366 e. The predicted molar refractivity (Wildman–Crippen MR) is 85.6 cm³/mol. The van der Waals surface area contributed by atoms with Crippen LogP contribution in [0.4, 0.5) is 0 Å². The maximum Gasteiger partial charge on any atom is 0.164 e. The number of piperidine rings is 1. The zero-order valence-electron chi connectivity index (χ0n) is 11.8. The van der Waals surface area contributed by atoms with E-state index in [2.05, 4.69) is 41.3 Å². The second-order valence-corrected chi connectivity index (χ2v) is 6.10. The molecule has 0 bridgehead atoms. The Morgan fingerprint density at radius 3 is 2.38 bits per heavy atom.